The molecule has 0 fully saturated rings. The van der Waals surface area contributed by atoms with Gasteiger partial charge in [-0.2, -0.15) is 13.2 Å². The quantitative estimate of drug-likeness (QED) is 0.369. The number of halogens is 4. The molecule has 0 aliphatic carbocycles. The number of thiazole rings is 1. The number of esters is 2. The molecular weight excluding hydrogens is 446 g/mol. The van der Waals surface area contributed by atoms with Gasteiger partial charge in [0.05, 0.1) is 19.4 Å². The highest BCUT2D eigenvalue weighted by atomic mass is 32.1. The van der Waals surface area contributed by atoms with Crippen LogP contribution in [0.3, 0.4) is 0 Å². The number of methoxy groups -OCH3 is 1. The van der Waals surface area contributed by atoms with Crippen LogP contribution in [0, 0.1) is 12.7 Å². The van der Waals surface area contributed by atoms with Gasteiger partial charge in [-0.05, 0) is 38.1 Å². The minimum atomic E-state index is -5.40. The first-order chi connectivity index (χ1) is 14.4. The van der Waals surface area contributed by atoms with E-state index in [-0.39, 0.29) is 22.7 Å². The number of ether oxygens (including phenoxy) is 2. The van der Waals surface area contributed by atoms with E-state index in [1.54, 1.807) is 12.2 Å². The lowest BCUT2D eigenvalue weighted by molar-refractivity contribution is -0.203. The van der Waals surface area contributed by atoms with Crippen molar-refractivity contribution < 1.29 is 41.4 Å². The Labute approximate surface area is 177 Å². The van der Waals surface area contributed by atoms with Crippen LogP contribution in [0.25, 0.3) is 0 Å². The zero-order valence-electron chi connectivity index (χ0n) is 16.4. The fraction of sp³-hybridized carbons (Fsp3) is 0.333. The summed E-state index contributed by atoms with van der Waals surface area (Å²) in [5.41, 5.74) is -4.04. The van der Waals surface area contributed by atoms with E-state index in [0.29, 0.717) is 18.4 Å². The van der Waals surface area contributed by atoms with Crippen LogP contribution in [0.15, 0.2) is 24.3 Å². The van der Waals surface area contributed by atoms with E-state index < -0.39 is 40.6 Å². The van der Waals surface area contributed by atoms with Gasteiger partial charge in [-0.1, -0.05) is 11.3 Å². The van der Waals surface area contributed by atoms with Gasteiger partial charge in [0, 0.05) is 5.56 Å². The third-order valence-corrected chi connectivity index (χ3v) is 4.93. The average molecular weight is 463 g/mol. The third-order valence-electron chi connectivity index (χ3n) is 3.88. The molecule has 0 bridgehead atoms. The summed E-state index contributed by atoms with van der Waals surface area (Å²) in [5, 5.41) is 2.92. The Morgan fingerprint density at radius 2 is 1.77 bits per heavy atom. The van der Waals surface area contributed by atoms with Crippen molar-refractivity contribution in [2.75, 3.05) is 19.0 Å². The molecule has 1 heterocycles. The second-order valence-electron chi connectivity index (χ2n) is 5.98. The summed E-state index contributed by atoms with van der Waals surface area (Å²) in [6, 6.07) is 3.61. The van der Waals surface area contributed by atoms with E-state index in [2.05, 4.69) is 9.72 Å². The first-order valence-corrected chi connectivity index (χ1v) is 9.42. The molecule has 2 rings (SSSR count). The molecule has 13 heteroatoms. The number of amides is 1. The summed E-state index contributed by atoms with van der Waals surface area (Å²) in [4.78, 5) is 40.3. The van der Waals surface area contributed by atoms with Crippen LogP contribution in [-0.2, 0) is 14.3 Å². The number of hydrogen-bond acceptors (Lipinski definition) is 8. The Morgan fingerprint density at radius 3 is 2.29 bits per heavy atom. The molecule has 2 N–H and O–H groups in total. The Balaban J connectivity index is 2.49. The molecule has 0 aliphatic heterocycles. The fourth-order valence-corrected chi connectivity index (χ4v) is 3.30. The lowest BCUT2D eigenvalue weighted by Crippen LogP contribution is -2.69. The van der Waals surface area contributed by atoms with Gasteiger partial charge in [0.1, 0.15) is 10.7 Å². The zero-order valence-corrected chi connectivity index (χ0v) is 17.2. The normalized spacial score (nSPS) is 13.1. The molecule has 2 aromatic rings. The highest BCUT2D eigenvalue weighted by molar-refractivity contribution is 7.17. The number of aryl methyl sites for hydroxylation is 1. The second-order valence-corrected chi connectivity index (χ2v) is 6.98. The summed E-state index contributed by atoms with van der Waals surface area (Å²) in [5.74, 6) is -4.75. The van der Waals surface area contributed by atoms with Crippen molar-refractivity contribution >= 4 is 34.3 Å². The van der Waals surface area contributed by atoms with Crippen molar-refractivity contribution in [3.05, 3.63) is 46.2 Å². The van der Waals surface area contributed by atoms with Gasteiger partial charge >= 0.3 is 23.8 Å². The van der Waals surface area contributed by atoms with Crippen molar-refractivity contribution in [1.29, 1.82) is 0 Å². The summed E-state index contributed by atoms with van der Waals surface area (Å²) in [6.45, 7) is 2.93. The largest absolute Gasteiger partial charge is 0.466 e. The van der Waals surface area contributed by atoms with Crippen molar-refractivity contribution in [2.24, 2.45) is 0 Å². The number of carbonyl (C=O) groups excluding carboxylic acids is 3. The molecule has 0 aliphatic rings. The number of alkyl halides is 3. The maximum atomic E-state index is 14.1. The van der Waals surface area contributed by atoms with Crippen LogP contribution in [0.1, 0.15) is 32.6 Å². The molecule has 1 atom stereocenters. The molecular formula is C18H17F4N3O5S. The zero-order chi connectivity index (χ0) is 23.4. The molecule has 1 unspecified atom stereocenters. The molecule has 1 aromatic heterocycles. The minimum Gasteiger partial charge on any atom is -0.466 e. The summed E-state index contributed by atoms with van der Waals surface area (Å²) >= 11 is 0.498. The SMILES string of the molecule is CCOC(=O)c1sc(NC(NC(=O)c2ccc(F)cc2)(C(=O)OC)C(F)(F)F)nc1C. The molecule has 8 nitrogen and oxygen atoms in total. The maximum absolute atomic E-state index is 14.1. The predicted molar refractivity (Wildman–Crippen MR) is 101 cm³/mol. The second kappa shape index (κ2) is 9.29. The third kappa shape index (κ3) is 5.10. The summed E-state index contributed by atoms with van der Waals surface area (Å²) in [6.07, 6.45) is -5.40. The Morgan fingerprint density at radius 1 is 1.16 bits per heavy atom. The number of rotatable bonds is 7. The number of nitrogens with zero attached hydrogens (tertiary/aromatic N) is 1. The first kappa shape index (κ1) is 24.1. The van der Waals surface area contributed by atoms with E-state index in [4.69, 9.17) is 4.74 Å². The summed E-state index contributed by atoms with van der Waals surface area (Å²) in [7, 11) is 0.700. The number of hydrogen-bond donors (Lipinski definition) is 2. The van der Waals surface area contributed by atoms with Crippen LogP contribution >= 0.6 is 11.3 Å². The Hall–Kier alpha value is -3.22. The average Bonchev–Trinajstić information content (AvgIpc) is 3.06. The number of nitrogens with one attached hydrogen (secondary N) is 2. The molecule has 168 valence electrons. The van der Waals surface area contributed by atoms with E-state index in [1.807, 2.05) is 5.32 Å². The van der Waals surface area contributed by atoms with Crippen molar-refractivity contribution in [3.63, 3.8) is 0 Å². The van der Waals surface area contributed by atoms with Crippen LogP contribution in [0.2, 0.25) is 0 Å². The lowest BCUT2D eigenvalue weighted by Gasteiger charge is -2.34. The Kier molecular flexibility index (Phi) is 7.21. The van der Waals surface area contributed by atoms with Gasteiger partial charge in [0.15, 0.2) is 5.13 Å². The molecule has 1 aromatic carbocycles. The Bertz CT molecular complexity index is 978. The van der Waals surface area contributed by atoms with Gasteiger partial charge in [-0.3, -0.25) is 4.79 Å². The van der Waals surface area contributed by atoms with E-state index in [1.165, 1.54) is 6.92 Å². The maximum Gasteiger partial charge on any atom is 0.442 e. The highest BCUT2D eigenvalue weighted by Gasteiger charge is 2.64. The number of carbonyl (C=O) groups is 3. The van der Waals surface area contributed by atoms with Crippen LogP contribution < -0.4 is 10.6 Å². The van der Waals surface area contributed by atoms with Crippen LogP contribution in [-0.4, -0.2) is 48.4 Å². The van der Waals surface area contributed by atoms with Gasteiger partial charge < -0.3 is 20.1 Å². The highest BCUT2D eigenvalue weighted by Crippen LogP contribution is 2.35. The lowest BCUT2D eigenvalue weighted by atomic mass is 10.1. The number of benzene rings is 1. The summed E-state index contributed by atoms with van der Waals surface area (Å²) < 4.78 is 64.4. The molecule has 31 heavy (non-hydrogen) atoms. The fourth-order valence-electron chi connectivity index (χ4n) is 2.38. The number of anilines is 1. The van der Waals surface area contributed by atoms with Crippen molar-refractivity contribution in [2.45, 2.75) is 25.7 Å². The van der Waals surface area contributed by atoms with Gasteiger partial charge in [-0.15, -0.1) is 0 Å². The van der Waals surface area contributed by atoms with Gasteiger partial charge in [0.2, 0.25) is 0 Å². The monoisotopic (exact) mass is 463 g/mol. The smallest absolute Gasteiger partial charge is 0.442 e. The molecule has 0 radical (unpaired) electrons. The number of aromatic nitrogens is 1. The molecule has 0 saturated heterocycles. The van der Waals surface area contributed by atoms with E-state index in [0.717, 1.165) is 24.3 Å². The first-order valence-electron chi connectivity index (χ1n) is 8.61. The van der Waals surface area contributed by atoms with E-state index >= 15 is 0 Å². The van der Waals surface area contributed by atoms with Crippen molar-refractivity contribution in [1.82, 2.24) is 10.3 Å². The van der Waals surface area contributed by atoms with Crippen LogP contribution in [0.4, 0.5) is 22.7 Å². The topological polar surface area (TPSA) is 107 Å². The molecule has 0 saturated carbocycles. The minimum absolute atomic E-state index is 0.0291. The standard InChI is InChI=1S/C18H17F4N3O5S/c1-4-30-14(27)12-9(2)23-16(31-12)25-17(15(28)29-3,18(20,21)22)24-13(26)10-5-7-11(19)8-6-10/h5-8H,4H2,1-3H3,(H,23,25)(H,24,26). The van der Waals surface area contributed by atoms with Gasteiger partial charge in [-0.25, -0.2) is 19.0 Å². The van der Waals surface area contributed by atoms with Gasteiger partial charge in [0.25, 0.3) is 5.91 Å². The van der Waals surface area contributed by atoms with E-state index in [9.17, 15) is 31.9 Å². The molecule has 0 spiro atoms. The van der Waals surface area contributed by atoms with Crippen molar-refractivity contribution in [3.8, 4) is 0 Å². The van der Waals surface area contributed by atoms with Crippen LogP contribution in [0.5, 0.6) is 0 Å². The predicted octanol–water partition coefficient (Wildman–Crippen LogP) is 3.04. The molecule has 1 amide bonds.